The molecule has 1 heterocycles. The van der Waals surface area contributed by atoms with Crippen molar-refractivity contribution in [1.29, 1.82) is 0 Å². The number of halogens is 1. The van der Waals surface area contributed by atoms with E-state index in [9.17, 15) is 0 Å². The van der Waals surface area contributed by atoms with Crippen LogP contribution in [0.4, 0.5) is 0 Å². The minimum Gasteiger partial charge on any atom is -0.497 e. The highest BCUT2D eigenvalue weighted by atomic mass is 79.9. The zero-order chi connectivity index (χ0) is 18.4. The van der Waals surface area contributed by atoms with Crippen molar-refractivity contribution in [3.8, 4) is 23.3 Å². The predicted octanol–water partition coefficient (Wildman–Crippen LogP) is 5.14. The molecule has 0 atom stereocenters. The molecule has 4 heteroatoms. The number of pyridine rings is 1. The maximum Gasteiger partial charge on any atom is 0.155 e. The summed E-state index contributed by atoms with van der Waals surface area (Å²) in [5, 5.41) is 0. The van der Waals surface area contributed by atoms with E-state index < -0.39 is 0 Å². The molecule has 0 bridgehead atoms. The number of hydrogen-bond acceptors (Lipinski definition) is 3. The summed E-state index contributed by atoms with van der Waals surface area (Å²) in [6.45, 7) is 2.45. The van der Waals surface area contributed by atoms with E-state index in [2.05, 4.69) is 39.7 Å². The Morgan fingerprint density at radius 1 is 1.04 bits per heavy atom. The Morgan fingerprint density at radius 3 is 2.62 bits per heavy atom. The van der Waals surface area contributed by atoms with E-state index in [1.807, 2.05) is 54.6 Å². The minimum absolute atomic E-state index is 0.392. The molecule has 3 aromatic rings. The molecule has 0 unspecified atom stereocenters. The van der Waals surface area contributed by atoms with Gasteiger partial charge in [0.1, 0.15) is 12.4 Å². The minimum atomic E-state index is 0.392. The molecule has 130 valence electrons. The average molecular weight is 408 g/mol. The zero-order valence-corrected chi connectivity index (χ0v) is 16.2. The third-order valence-corrected chi connectivity index (χ3v) is 4.56. The molecule has 1 aromatic heterocycles. The number of aryl methyl sites for hydroxylation is 1. The molecule has 0 aliphatic rings. The lowest BCUT2D eigenvalue weighted by Gasteiger charge is -2.10. The molecule has 3 nitrogen and oxygen atoms in total. The highest BCUT2D eigenvalue weighted by molar-refractivity contribution is 9.10. The van der Waals surface area contributed by atoms with Crippen LogP contribution in [0.5, 0.6) is 11.5 Å². The van der Waals surface area contributed by atoms with E-state index in [1.54, 1.807) is 13.3 Å². The second kappa shape index (κ2) is 8.55. The van der Waals surface area contributed by atoms with Crippen molar-refractivity contribution in [3.05, 3.63) is 87.7 Å². The Morgan fingerprint density at radius 2 is 1.85 bits per heavy atom. The summed E-state index contributed by atoms with van der Waals surface area (Å²) in [6, 6.07) is 17.6. The predicted molar refractivity (Wildman–Crippen MR) is 106 cm³/mol. The van der Waals surface area contributed by atoms with Crippen LogP contribution in [0.2, 0.25) is 0 Å². The lowest BCUT2D eigenvalue weighted by atomic mass is 10.1. The Labute approximate surface area is 162 Å². The van der Waals surface area contributed by atoms with Gasteiger partial charge in [-0.15, -0.1) is 0 Å². The van der Waals surface area contributed by atoms with Crippen LogP contribution >= 0.6 is 15.9 Å². The monoisotopic (exact) mass is 407 g/mol. The number of rotatable bonds is 4. The van der Waals surface area contributed by atoms with Crippen molar-refractivity contribution >= 4 is 15.9 Å². The van der Waals surface area contributed by atoms with Crippen LogP contribution in [0, 0.1) is 18.8 Å². The lowest BCUT2D eigenvalue weighted by molar-refractivity contribution is 0.302. The van der Waals surface area contributed by atoms with Crippen LogP contribution in [0.15, 0.2) is 65.3 Å². The molecule has 0 fully saturated rings. The quantitative estimate of drug-likeness (QED) is 0.561. The number of benzene rings is 2. The number of hydrogen-bond donors (Lipinski definition) is 0. The van der Waals surface area contributed by atoms with E-state index in [0.717, 1.165) is 21.3 Å². The third kappa shape index (κ3) is 4.65. The molecule has 0 aliphatic heterocycles. The highest BCUT2D eigenvalue weighted by Crippen LogP contribution is 2.24. The molecule has 0 amide bonds. The van der Waals surface area contributed by atoms with E-state index in [0.29, 0.717) is 18.1 Å². The van der Waals surface area contributed by atoms with E-state index in [1.165, 1.54) is 5.56 Å². The number of methoxy groups -OCH3 is 1. The lowest BCUT2D eigenvalue weighted by Crippen LogP contribution is -2.00. The maximum atomic E-state index is 5.96. The van der Waals surface area contributed by atoms with Crippen LogP contribution in [-0.2, 0) is 6.61 Å². The first-order valence-electron chi connectivity index (χ1n) is 8.14. The van der Waals surface area contributed by atoms with Crippen molar-refractivity contribution in [3.63, 3.8) is 0 Å². The molecule has 0 spiro atoms. The van der Waals surface area contributed by atoms with Crippen LogP contribution in [-0.4, -0.2) is 12.1 Å². The van der Waals surface area contributed by atoms with Gasteiger partial charge in [-0.05, 0) is 55.3 Å². The Balaban J connectivity index is 1.79. The van der Waals surface area contributed by atoms with Crippen molar-refractivity contribution in [2.75, 3.05) is 7.11 Å². The number of aromatic nitrogens is 1. The molecular formula is C22H18BrNO2. The van der Waals surface area contributed by atoms with Crippen molar-refractivity contribution in [2.24, 2.45) is 0 Å². The molecule has 0 N–H and O–H groups in total. The van der Waals surface area contributed by atoms with Gasteiger partial charge in [0.25, 0.3) is 0 Å². The third-order valence-electron chi connectivity index (χ3n) is 3.78. The molecule has 0 saturated carbocycles. The fourth-order valence-corrected chi connectivity index (χ4v) is 2.67. The number of ether oxygens (including phenoxy) is 2. The van der Waals surface area contributed by atoms with E-state index >= 15 is 0 Å². The summed E-state index contributed by atoms with van der Waals surface area (Å²) in [4.78, 5) is 4.34. The Bertz CT molecular complexity index is 956. The zero-order valence-electron chi connectivity index (χ0n) is 14.6. The van der Waals surface area contributed by atoms with Gasteiger partial charge in [0.15, 0.2) is 11.4 Å². The summed E-state index contributed by atoms with van der Waals surface area (Å²) in [7, 11) is 1.65. The SMILES string of the molecule is COc1ccc(Br)c(COc2cccnc2C#Cc2ccc(C)cc2)c1. The molecular weight excluding hydrogens is 390 g/mol. The van der Waals surface area contributed by atoms with Crippen LogP contribution in [0.25, 0.3) is 0 Å². The van der Waals surface area contributed by atoms with Gasteiger partial charge < -0.3 is 9.47 Å². The summed E-state index contributed by atoms with van der Waals surface area (Å²) in [6.07, 6.45) is 1.72. The normalized spacial score (nSPS) is 9.96. The van der Waals surface area contributed by atoms with Crippen molar-refractivity contribution < 1.29 is 9.47 Å². The second-order valence-corrected chi connectivity index (χ2v) is 6.57. The second-order valence-electron chi connectivity index (χ2n) is 5.71. The molecule has 2 aromatic carbocycles. The van der Waals surface area contributed by atoms with E-state index in [4.69, 9.17) is 9.47 Å². The summed E-state index contributed by atoms with van der Waals surface area (Å²) in [5.41, 5.74) is 3.77. The molecule has 26 heavy (non-hydrogen) atoms. The topological polar surface area (TPSA) is 31.4 Å². The average Bonchev–Trinajstić information content (AvgIpc) is 2.67. The summed E-state index contributed by atoms with van der Waals surface area (Å²) >= 11 is 3.54. The van der Waals surface area contributed by atoms with Gasteiger partial charge in [-0.3, -0.25) is 0 Å². The first-order valence-corrected chi connectivity index (χ1v) is 8.94. The van der Waals surface area contributed by atoms with Gasteiger partial charge in [-0.1, -0.05) is 39.5 Å². The van der Waals surface area contributed by atoms with Crippen molar-refractivity contribution in [1.82, 2.24) is 4.98 Å². The van der Waals surface area contributed by atoms with Gasteiger partial charge in [0.2, 0.25) is 0 Å². The first kappa shape index (κ1) is 18.0. The highest BCUT2D eigenvalue weighted by Gasteiger charge is 2.06. The Kier molecular flexibility index (Phi) is 5.93. The largest absolute Gasteiger partial charge is 0.497 e. The summed E-state index contributed by atoms with van der Waals surface area (Å²) in [5.74, 6) is 7.68. The van der Waals surface area contributed by atoms with Crippen LogP contribution in [0.1, 0.15) is 22.4 Å². The first-order chi connectivity index (χ1) is 12.7. The van der Waals surface area contributed by atoms with Gasteiger partial charge in [-0.2, -0.15) is 0 Å². The fraction of sp³-hybridized carbons (Fsp3) is 0.136. The number of nitrogens with zero attached hydrogens (tertiary/aromatic N) is 1. The smallest absolute Gasteiger partial charge is 0.155 e. The fourth-order valence-electron chi connectivity index (χ4n) is 2.31. The molecule has 0 radical (unpaired) electrons. The van der Waals surface area contributed by atoms with Crippen LogP contribution < -0.4 is 9.47 Å². The van der Waals surface area contributed by atoms with Gasteiger partial charge in [0.05, 0.1) is 7.11 Å². The molecule has 3 rings (SSSR count). The van der Waals surface area contributed by atoms with Crippen molar-refractivity contribution in [2.45, 2.75) is 13.5 Å². The van der Waals surface area contributed by atoms with Crippen LogP contribution in [0.3, 0.4) is 0 Å². The standard InChI is InChI=1S/C22H18BrNO2/c1-16-5-7-17(8-6-16)9-12-21-22(4-3-13-24-21)26-15-18-14-19(25-2)10-11-20(18)23/h3-8,10-11,13-14H,15H2,1-2H3. The molecule has 0 saturated heterocycles. The van der Waals surface area contributed by atoms with Gasteiger partial charge in [0, 0.05) is 21.8 Å². The maximum absolute atomic E-state index is 5.96. The van der Waals surface area contributed by atoms with E-state index in [-0.39, 0.29) is 0 Å². The van der Waals surface area contributed by atoms with Gasteiger partial charge in [-0.25, -0.2) is 4.98 Å². The Hall–Kier alpha value is -2.77. The van der Waals surface area contributed by atoms with Gasteiger partial charge >= 0.3 is 0 Å². The summed E-state index contributed by atoms with van der Waals surface area (Å²) < 4.78 is 12.2. The molecule has 0 aliphatic carbocycles.